The molecule has 1 atom stereocenters. The molecule has 0 aromatic heterocycles. The largest absolute Gasteiger partial charge is 0.508 e. The summed E-state index contributed by atoms with van der Waals surface area (Å²) in [4.78, 5) is 11.5. The van der Waals surface area contributed by atoms with E-state index in [0.717, 1.165) is 24.1 Å². The van der Waals surface area contributed by atoms with E-state index >= 15 is 0 Å². The van der Waals surface area contributed by atoms with Crippen molar-refractivity contribution in [2.75, 3.05) is 13.7 Å². The lowest BCUT2D eigenvalue weighted by Gasteiger charge is -2.24. The van der Waals surface area contributed by atoms with Crippen LogP contribution in [0.1, 0.15) is 17.2 Å². The van der Waals surface area contributed by atoms with Crippen LogP contribution in [0.15, 0.2) is 18.2 Å². The van der Waals surface area contributed by atoms with Crippen LogP contribution in [0.3, 0.4) is 0 Å². The quantitative estimate of drug-likeness (QED) is 0.667. The molecule has 4 heteroatoms. The number of benzene rings is 1. The SMILES string of the molecule is COC(=O)C1NCCc2cc(O)ccc21. The van der Waals surface area contributed by atoms with Crippen molar-refractivity contribution in [1.82, 2.24) is 5.32 Å². The topological polar surface area (TPSA) is 58.6 Å². The molecule has 0 spiro atoms. The van der Waals surface area contributed by atoms with E-state index in [1.807, 2.05) is 0 Å². The first-order valence-corrected chi connectivity index (χ1v) is 4.85. The molecule has 0 amide bonds. The van der Waals surface area contributed by atoms with Crippen LogP contribution in [0.25, 0.3) is 0 Å². The molecule has 80 valence electrons. The number of ether oxygens (including phenoxy) is 1. The minimum Gasteiger partial charge on any atom is -0.508 e. The number of phenols is 1. The van der Waals surface area contributed by atoms with Gasteiger partial charge in [0.1, 0.15) is 11.8 Å². The van der Waals surface area contributed by atoms with Crippen molar-refractivity contribution >= 4 is 5.97 Å². The molecule has 1 heterocycles. The van der Waals surface area contributed by atoms with E-state index in [9.17, 15) is 9.90 Å². The lowest BCUT2D eigenvalue weighted by atomic mass is 9.94. The first-order chi connectivity index (χ1) is 7.22. The number of carbonyl (C=O) groups is 1. The number of fused-ring (bicyclic) bond motifs is 1. The molecule has 0 saturated heterocycles. The van der Waals surface area contributed by atoms with Gasteiger partial charge in [0, 0.05) is 6.54 Å². The Kier molecular flexibility index (Phi) is 2.60. The molecular formula is C11H13NO3. The maximum atomic E-state index is 11.5. The smallest absolute Gasteiger partial charge is 0.327 e. The zero-order chi connectivity index (χ0) is 10.8. The highest BCUT2D eigenvalue weighted by Crippen LogP contribution is 2.26. The Morgan fingerprint density at radius 3 is 3.13 bits per heavy atom. The summed E-state index contributed by atoms with van der Waals surface area (Å²) in [5, 5.41) is 12.4. The van der Waals surface area contributed by atoms with Crippen molar-refractivity contribution in [3.63, 3.8) is 0 Å². The molecule has 15 heavy (non-hydrogen) atoms. The van der Waals surface area contributed by atoms with Crippen LogP contribution in [0.4, 0.5) is 0 Å². The van der Waals surface area contributed by atoms with Crippen LogP contribution in [0, 0.1) is 0 Å². The van der Waals surface area contributed by atoms with Crippen molar-refractivity contribution in [3.8, 4) is 5.75 Å². The summed E-state index contributed by atoms with van der Waals surface area (Å²) < 4.78 is 4.71. The summed E-state index contributed by atoms with van der Waals surface area (Å²) in [6, 6.07) is 4.64. The summed E-state index contributed by atoms with van der Waals surface area (Å²) >= 11 is 0. The predicted octanol–water partition coefficient (Wildman–Crippen LogP) is 0.752. The van der Waals surface area contributed by atoms with Crippen LogP contribution < -0.4 is 5.32 Å². The number of carbonyl (C=O) groups excluding carboxylic acids is 1. The van der Waals surface area contributed by atoms with Gasteiger partial charge in [0.2, 0.25) is 0 Å². The molecule has 0 saturated carbocycles. The summed E-state index contributed by atoms with van der Waals surface area (Å²) in [5.74, 6) is -0.0547. The normalized spacial score (nSPS) is 19.4. The second-order valence-corrected chi connectivity index (χ2v) is 3.54. The Morgan fingerprint density at radius 1 is 1.60 bits per heavy atom. The van der Waals surface area contributed by atoms with Crippen molar-refractivity contribution < 1.29 is 14.6 Å². The van der Waals surface area contributed by atoms with Gasteiger partial charge < -0.3 is 15.2 Å². The standard InChI is InChI=1S/C11H13NO3/c1-15-11(14)10-9-3-2-8(13)6-7(9)4-5-12-10/h2-3,6,10,12-13H,4-5H2,1H3. The maximum Gasteiger partial charge on any atom is 0.327 e. The summed E-state index contributed by atoms with van der Waals surface area (Å²) in [6.07, 6.45) is 0.817. The molecule has 2 N–H and O–H groups in total. The number of hydrogen-bond donors (Lipinski definition) is 2. The van der Waals surface area contributed by atoms with E-state index in [2.05, 4.69) is 5.32 Å². The molecule has 2 rings (SSSR count). The zero-order valence-corrected chi connectivity index (χ0v) is 8.49. The second kappa shape index (κ2) is 3.90. The summed E-state index contributed by atoms with van der Waals surface area (Å²) in [7, 11) is 1.37. The third kappa shape index (κ3) is 1.80. The monoisotopic (exact) mass is 207 g/mol. The highest BCUT2D eigenvalue weighted by molar-refractivity contribution is 5.78. The molecule has 1 aliphatic heterocycles. The average molecular weight is 207 g/mol. The van der Waals surface area contributed by atoms with E-state index in [1.54, 1.807) is 18.2 Å². The Morgan fingerprint density at radius 2 is 2.40 bits per heavy atom. The third-order valence-corrected chi connectivity index (χ3v) is 2.62. The lowest BCUT2D eigenvalue weighted by Crippen LogP contribution is -2.35. The highest BCUT2D eigenvalue weighted by Gasteiger charge is 2.26. The maximum absolute atomic E-state index is 11.5. The molecule has 0 fully saturated rings. The van der Waals surface area contributed by atoms with E-state index in [4.69, 9.17) is 4.74 Å². The van der Waals surface area contributed by atoms with Gasteiger partial charge in [0.05, 0.1) is 7.11 Å². The van der Waals surface area contributed by atoms with Crippen LogP contribution in [0.2, 0.25) is 0 Å². The van der Waals surface area contributed by atoms with Crippen molar-refractivity contribution in [1.29, 1.82) is 0 Å². The van der Waals surface area contributed by atoms with Crippen LogP contribution in [-0.4, -0.2) is 24.7 Å². The predicted molar refractivity (Wildman–Crippen MR) is 54.6 cm³/mol. The van der Waals surface area contributed by atoms with Crippen LogP contribution in [-0.2, 0) is 16.0 Å². The first-order valence-electron chi connectivity index (χ1n) is 4.85. The molecule has 1 aromatic carbocycles. The number of nitrogens with one attached hydrogen (secondary N) is 1. The van der Waals surface area contributed by atoms with Gasteiger partial charge in [-0.05, 0) is 29.7 Å². The highest BCUT2D eigenvalue weighted by atomic mass is 16.5. The summed E-state index contributed by atoms with van der Waals surface area (Å²) in [5.41, 5.74) is 1.90. The number of esters is 1. The van der Waals surface area contributed by atoms with Crippen molar-refractivity contribution in [2.24, 2.45) is 0 Å². The molecule has 0 aliphatic carbocycles. The minimum atomic E-state index is -0.403. The summed E-state index contributed by atoms with van der Waals surface area (Å²) in [6.45, 7) is 0.718. The van der Waals surface area contributed by atoms with E-state index in [1.165, 1.54) is 7.11 Å². The fourth-order valence-electron chi connectivity index (χ4n) is 1.88. The van der Waals surface area contributed by atoms with Gasteiger partial charge in [-0.3, -0.25) is 0 Å². The Hall–Kier alpha value is -1.55. The Balaban J connectivity index is 2.38. The molecule has 0 radical (unpaired) electrons. The van der Waals surface area contributed by atoms with Gasteiger partial charge in [-0.1, -0.05) is 6.07 Å². The number of rotatable bonds is 1. The fourth-order valence-corrected chi connectivity index (χ4v) is 1.88. The third-order valence-electron chi connectivity index (χ3n) is 2.62. The number of hydrogen-bond acceptors (Lipinski definition) is 4. The molecule has 1 aromatic rings. The van der Waals surface area contributed by atoms with E-state index in [-0.39, 0.29) is 11.7 Å². The van der Waals surface area contributed by atoms with Gasteiger partial charge >= 0.3 is 5.97 Å². The first kappa shape index (κ1) is 9.98. The molecular weight excluding hydrogens is 194 g/mol. The zero-order valence-electron chi connectivity index (χ0n) is 8.49. The van der Waals surface area contributed by atoms with Crippen LogP contribution >= 0.6 is 0 Å². The number of phenolic OH excluding ortho intramolecular Hbond substituents is 1. The molecule has 1 aliphatic rings. The molecule has 1 unspecified atom stereocenters. The second-order valence-electron chi connectivity index (χ2n) is 3.54. The van der Waals surface area contributed by atoms with Gasteiger partial charge in [-0.25, -0.2) is 4.79 Å². The Labute approximate surface area is 87.9 Å². The average Bonchev–Trinajstić information content (AvgIpc) is 2.26. The van der Waals surface area contributed by atoms with Crippen molar-refractivity contribution in [3.05, 3.63) is 29.3 Å². The van der Waals surface area contributed by atoms with E-state index < -0.39 is 6.04 Å². The van der Waals surface area contributed by atoms with Crippen LogP contribution in [0.5, 0.6) is 5.75 Å². The van der Waals surface area contributed by atoms with Crippen molar-refractivity contribution in [2.45, 2.75) is 12.5 Å². The van der Waals surface area contributed by atoms with Gasteiger partial charge in [-0.15, -0.1) is 0 Å². The number of methoxy groups -OCH3 is 1. The molecule has 0 bridgehead atoms. The van der Waals surface area contributed by atoms with Gasteiger partial charge in [0.15, 0.2) is 0 Å². The van der Waals surface area contributed by atoms with E-state index in [0.29, 0.717) is 0 Å². The lowest BCUT2D eigenvalue weighted by molar-refractivity contribution is -0.143. The molecule has 4 nitrogen and oxygen atoms in total. The Bertz CT molecular complexity index is 389. The minimum absolute atomic E-state index is 0.235. The fraction of sp³-hybridized carbons (Fsp3) is 0.364. The van der Waals surface area contributed by atoms with Gasteiger partial charge in [-0.2, -0.15) is 0 Å². The van der Waals surface area contributed by atoms with Gasteiger partial charge in [0.25, 0.3) is 0 Å². The number of aromatic hydroxyl groups is 1.